The van der Waals surface area contributed by atoms with Gasteiger partial charge in [-0.25, -0.2) is 4.98 Å². The van der Waals surface area contributed by atoms with Crippen LogP contribution in [-0.2, 0) is 17.8 Å². The number of nitrogens with zero attached hydrogens (tertiary/aromatic N) is 2. The normalized spacial score (nSPS) is 11.0. The van der Waals surface area contributed by atoms with Crippen molar-refractivity contribution in [1.82, 2.24) is 14.9 Å². The van der Waals surface area contributed by atoms with E-state index in [1.807, 2.05) is 43.5 Å². The average molecular weight is 355 g/mol. The van der Waals surface area contributed by atoms with Crippen molar-refractivity contribution in [2.24, 2.45) is 0 Å². The molecule has 0 atom stereocenters. The third-order valence-electron chi connectivity index (χ3n) is 4.30. The van der Waals surface area contributed by atoms with E-state index in [1.165, 1.54) is 9.44 Å². The molecule has 0 fully saturated rings. The Kier molecular flexibility index (Phi) is 4.99. The molecule has 130 valence electrons. The second kappa shape index (κ2) is 7.19. The summed E-state index contributed by atoms with van der Waals surface area (Å²) in [5.41, 5.74) is 3.82. The number of fused-ring (bicyclic) bond motifs is 1. The van der Waals surface area contributed by atoms with Gasteiger partial charge in [-0.1, -0.05) is 6.07 Å². The summed E-state index contributed by atoms with van der Waals surface area (Å²) in [5.74, 6) is -0.163. The fourth-order valence-electron chi connectivity index (χ4n) is 2.76. The molecule has 0 radical (unpaired) electrons. The monoisotopic (exact) mass is 355 g/mol. The molecule has 6 heteroatoms. The summed E-state index contributed by atoms with van der Waals surface area (Å²) < 4.78 is 1.52. The minimum Gasteiger partial charge on any atom is -0.354 e. The highest BCUT2D eigenvalue weighted by Crippen LogP contribution is 2.17. The van der Waals surface area contributed by atoms with Gasteiger partial charge in [0.05, 0.1) is 11.0 Å². The molecule has 2 heterocycles. The van der Waals surface area contributed by atoms with Gasteiger partial charge in [0.25, 0.3) is 5.56 Å². The highest BCUT2D eigenvalue weighted by molar-refractivity contribution is 7.09. The van der Waals surface area contributed by atoms with Gasteiger partial charge in [-0.2, -0.15) is 0 Å². The van der Waals surface area contributed by atoms with Crippen LogP contribution in [0.1, 0.15) is 21.7 Å². The Morgan fingerprint density at radius 1 is 1.24 bits per heavy atom. The first-order valence-electron chi connectivity index (χ1n) is 8.23. The Morgan fingerprint density at radius 3 is 2.72 bits per heavy atom. The Labute approximate surface area is 150 Å². The summed E-state index contributed by atoms with van der Waals surface area (Å²) in [6, 6.07) is 7.93. The smallest absolute Gasteiger partial charge is 0.272 e. The van der Waals surface area contributed by atoms with E-state index in [1.54, 1.807) is 18.3 Å². The standard InChI is InChI=1S/C19H21N3O2S/c1-12-9-16-17(10-13(12)2)22(19(24)14(3)21-16)11-18(23)20-7-6-15-5-4-8-25-15/h4-5,8-10H,6-7,11H2,1-3H3,(H,20,23). The van der Waals surface area contributed by atoms with Crippen LogP contribution in [0.25, 0.3) is 11.0 Å². The first-order valence-corrected chi connectivity index (χ1v) is 9.11. The molecule has 0 bridgehead atoms. The number of aryl methyl sites for hydroxylation is 3. The van der Waals surface area contributed by atoms with Crippen molar-refractivity contribution >= 4 is 28.3 Å². The number of carbonyl (C=O) groups is 1. The lowest BCUT2D eigenvalue weighted by Gasteiger charge is -2.13. The fraction of sp³-hybridized carbons (Fsp3) is 0.316. The Bertz CT molecular complexity index is 974. The lowest BCUT2D eigenvalue weighted by atomic mass is 10.1. The van der Waals surface area contributed by atoms with E-state index in [4.69, 9.17) is 0 Å². The van der Waals surface area contributed by atoms with Gasteiger partial charge >= 0.3 is 0 Å². The van der Waals surface area contributed by atoms with Gasteiger partial charge in [-0.05, 0) is 61.9 Å². The molecule has 3 rings (SSSR count). The van der Waals surface area contributed by atoms with Crippen LogP contribution >= 0.6 is 11.3 Å². The SMILES string of the molecule is Cc1cc2nc(C)c(=O)n(CC(=O)NCCc3cccs3)c2cc1C. The van der Waals surface area contributed by atoms with E-state index in [9.17, 15) is 9.59 Å². The number of benzene rings is 1. The van der Waals surface area contributed by atoms with Gasteiger partial charge in [0, 0.05) is 11.4 Å². The van der Waals surface area contributed by atoms with Crippen LogP contribution in [0.15, 0.2) is 34.4 Å². The second-order valence-corrected chi connectivity index (χ2v) is 7.23. The second-order valence-electron chi connectivity index (χ2n) is 6.19. The van der Waals surface area contributed by atoms with Gasteiger partial charge in [0.2, 0.25) is 5.91 Å². The molecule has 1 N–H and O–H groups in total. The number of amides is 1. The van der Waals surface area contributed by atoms with Crippen LogP contribution in [0, 0.1) is 20.8 Å². The third-order valence-corrected chi connectivity index (χ3v) is 5.24. The number of nitrogens with one attached hydrogen (secondary N) is 1. The van der Waals surface area contributed by atoms with Crippen molar-refractivity contribution in [3.05, 3.63) is 61.7 Å². The predicted molar refractivity (Wildman–Crippen MR) is 101 cm³/mol. The maximum absolute atomic E-state index is 12.5. The van der Waals surface area contributed by atoms with E-state index in [0.717, 1.165) is 23.1 Å². The van der Waals surface area contributed by atoms with E-state index in [0.29, 0.717) is 17.8 Å². The largest absolute Gasteiger partial charge is 0.354 e. The molecule has 0 saturated heterocycles. The highest BCUT2D eigenvalue weighted by atomic mass is 32.1. The molecule has 0 unspecified atom stereocenters. The van der Waals surface area contributed by atoms with Gasteiger partial charge in [0.1, 0.15) is 12.2 Å². The molecule has 5 nitrogen and oxygen atoms in total. The zero-order valence-electron chi connectivity index (χ0n) is 14.6. The van der Waals surface area contributed by atoms with Crippen LogP contribution in [-0.4, -0.2) is 22.0 Å². The predicted octanol–water partition coefficient (Wildman–Crippen LogP) is 2.74. The molecule has 0 saturated carbocycles. The van der Waals surface area contributed by atoms with Crippen LogP contribution in [0.2, 0.25) is 0 Å². The summed E-state index contributed by atoms with van der Waals surface area (Å²) in [6.07, 6.45) is 0.798. The van der Waals surface area contributed by atoms with E-state index in [2.05, 4.69) is 10.3 Å². The van der Waals surface area contributed by atoms with Crippen molar-refractivity contribution in [2.45, 2.75) is 33.7 Å². The number of hydrogen-bond acceptors (Lipinski definition) is 4. The molecular formula is C19H21N3O2S. The first kappa shape index (κ1) is 17.4. The molecule has 2 aromatic heterocycles. The molecule has 0 aliphatic heterocycles. The van der Waals surface area contributed by atoms with Crippen molar-refractivity contribution in [3.8, 4) is 0 Å². The molecule has 25 heavy (non-hydrogen) atoms. The molecule has 1 aromatic carbocycles. The minimum absolute atomic E-state index is 0.00559. The number of aromatic nitrogens is 2. The first-order chi connectivity index (χ1) is 12.0. The van der Waals surface area contributed by atoms with Crippen LogP contribution < -0.4 is 10.9 Å². The zero-order valence-corrected chi connectivity index (χ0v) is 15.4. The molecule has 1 amide bonds. The van der Waals surface area contributed by atoms with Crippen molar-refractivity contribution in [2.75, 3.05) is 6.54 Å². The number of rotatable bonds is 5. The summed E-state index contributed by atoms with van der Waals surface area (Å²) in [6.45, 7) is 6.26. The fourth-order valence-corrected chi connectivity index (χ4v) is 3.47. The van der Waals surface area contributed by atoms with Crippen LogP contribution in [0.3, 0.4) is 0 Å². The van der Waals surface area contributed by atoms with Gasteiger partial charge < -0.3 is 5.32 Å². The Hall–Kier alpha value is -2.47. The van der Waals surface area contributed by atoms with Gasteiger partial charge in [-0.3, -0.25) is 14.2 Å². The summed E-state index contributed by atoms with van der Waals surface area (Å²) in [7, 11) is 0. The Balaban J connectivity index is 1.82. The van der Waals surface area contributed by atoms with Crippen LogP contribution in [0.5, 0.6) is 0 Å². The highest BCUT2D eigenvalue weighted by Gasteiger charge is 2.12. The molecule has 0 aliphatic carbocycles. The van der Waals surface area contributed by atoms with Crippen molar-refractivity contribution in [3.63, 3.8) is 0 Å². The summed E-state index contributed by atoms with van der Waals surface area (Å²) in [5, 5.41) is 4.92. The van der Waals surface area contributed by atoms with E-state index in [-0.39, 0.29) is 18.0 Å². The quantitative estimate of drug-likeness (QED) is 0.765. The maximum atomic E-state index is 12.5. The van der Waals surface area contributed by atoms with E-state index >= 15 is 0 Å². The van der Waals surface area contributed by atoms with E-state index < -0.39 is 0 Å². The minimum atomic E-state index is -0.218. The number of thiophene rings is 1. The van der Waals surface area contributed by atoms with Gasteiger partial charge in [-0.15, -0.1) is 11.3 Å². The van der Waals surface area contributed by atoms with Crippen molar-refractivity contribution in [1.29, 1.82) is 0 Å². The number of carbonyl (C=O) groups excluding carboxylic acids is 1. The topological polar surface area (TPSA) is 64.0 Å². The summed E-state index contributed by atoms with van der Waals surface area (Å²) >= 11 is 1.67. The molecule has 3 aromatic rings. The van der Waals surface area contributed by atoms with Crippen molar-refractivity contribution < 1.29 is 4.79 Å². The van der Waals surface area contributed by atoms with Gasteiger partial charge in [0.15, 0.2) is 0 Å². The lowest BCUT2D eigenvalue weighted by molar-refractivity contribution is -0.121. The third kappa shape index (κ3) is 3.79. The summed E-state index contributed by atoms with van der Waals surface area (Å²) in [4.78, 5) is 30.4. The molecule has 0 spiro atoms. The van der Waals surface area contributed by atoms with Crippen LogP contribution in [0.4, 0.5) is 0 Å². The molecular weight excluding hydrogens is 334 g/mol. The zero-order chi connectivity index (χ0) is 18.0. The lowest BCUT2D eigenvalue weighted by Crippen LogP contribution is -2.34. The number of hydrogen-bond donors (Lipinski definition) is 1. The average Bonchev–Trinajstić information content (AvgIpc) is 3.07. The maximum Gasteiger partial charge on any atom is 0.272 e. The molecule has 0 aliphatic rings. The Morgan fingerprint density at radius 2 is 2.00 bits per heavy atom.